The lowest BCUT2D eigenvalue weighted by atomic mass is 10.3. The molecule has 0 amide bonds. The lowest BCUT2D eigenvalue weighted by Crippen LogP contribution is -2.11. The molecule has 0 fully saturated rings. The minimum Gasteiger partial charge on any atom is -0.314 e. The first-order valence-corrected chi connectivity index (χ1v) is 4.85. The Kier molecular flexibility index (Phi) is 2.87. The van der Waals surface area contributed by atoms with Crippen molar-refractivity contribution in [2.24, 2.45) is 0 Å². The number of imidazole rings is 1. The van der Waals surface area contributed by atoms with Crippen LogP contribution in [-0.2, 0) is 0 Å². The lowest BCUT2D eigenvalue weighted by molar-refractivity contribution is 0.0997. The Balaban J connectivity index is 3.21. The average Bonchev–Trinajstić information content (AvgIpc) is 2.30. The number of carbonyl (C=O) groups excluding carboxylic acids is 1. The number of rotatable bonds is 2. The van der Waals surface area contributed by atoms with Gasteiger partial charge in [0.25, 0.3) is 0 Å². The molecule has 0 saturated heterocycles. The molecule has 12 heavy (non-hydrogen) atoms. The molecule has 0 saturated carbocycles. The number of halogens is 1. The third kappa shape index (κ3) is 1.68. The molecule has 0 aliphatic carbocycles. The summed E-state index contributed by atoms with van der Waals surface area (Å²) in [5.74, 6) is 0.570. The highest BCUT2D eigenvalue weighted by atomic mass is 127. The highest BCUT2D eigenvalue weighted by Gasteiger charge is 2.13. The predicted octanol–water partition coefficient (Wildman–Crippen LogP) is 2.27. The van der Waals surface area contributed by atoms with Crippen LogP contribution in [0.5, 0.6) is 0 Å². The number of carbonyl (C=O) groups is 1. The molecule has 1 aromatic heterocycles. The number of Topliss-reactive ketones (excluding diaryl/α,β-unsaturated/α-hetero) is 1. The maximum atomic E-state index is 11.1. The second-order valence-corrected chi connectivity index (χ2v) is 4.03. The molecule has 66 valence electrons. The van der Waals surface area contributed by atoms with Crippen molar-refractivity contribution in [3.05, 3.63) is 15.7 Å². The van der Waals surface area contributed by atoms with Gasteiger partial charge in [0, 0.05) is 13.0 Å². The summed E-state index contributed by atoms with van der Waals surface area (Å²) in [5, 5.41) is 0. The quantitative estimate of drug-likeness (QED) is 0.614. The Labute approximate surface area is 85.3 Å². The maximum Gasteiger partial charge on any atom is 0.195 e. The summed E-state index contributed by atoms with van der Waals surface area (Å²) in [7, 11) is 0. The van der Waals surface area contributed by atoms with Gasteiger partial charge >= 0.3 is 0 Å². The molecule has 4 heteroatoms. The minimum atomic E-state index is 0.0200. The highest BCUT2D eigenvalue weighted by Crippen LogP contribution is 2.15. The van der Waals surface area contributed by atoms with E-state index in [1.165, 1.54) is 6.92 Å². The Morgan fingerprint density at radius 3 is 2.58 bits per heavy atom. The number of hydrogen-bond acceptors (Lipinski definition) is 2. The van der Waals surface area contributed by atoms with Crippen LogP contribution in [0.3, 0.4) is 0 Å². The molecule has 1 rings (SSSR count). The molecular formula is C8H11IN2O. The molecule has 0 atom stereocenters. The van der Waals surface area contributed by atoms with Crippen LogP contribution in [-0.4, -0.2) is 15.3 Å². The van der Waals surface area contributed by atoms with Crippen LogP contribution in [0, 0.1) is 3.70 Å². The summed E-state index contributed by atoms with van der Waals surface area (Å²) in [5.41, 5.74) is 0. The summed E-state index contributed by atoms with van der Waals surface area (Å²) in [6.07, 6.45) is 1.72. The molecule has 0 aromatic carbocycles. The van der Waals surface area contributed by atoms with E-state index in [0.717, 1.165) is 3.70 Å². The maximum absolute atomic E-state index is 11.1. The van der Waals surface area contributed by atoms with Gasteiger partial charge in [-0.1, -0.05) is 0 Å². The van der Waals surface area contributed by atoms with Crippen LogP contribution in [0.25, 0.3) is 0 Å². The van der Waals surface area contributed by atoms with Crippen molar-refractivity contribution < 1.29 is 4.79 Å². The lowest BCUT2D eigenvalue weighted by Gasteiger charge is -2.10. The molecule has 1 heterocycles. The molecule has 3 nitrogen and oxygen atoms in total. The topological polar surface area (TPSA) is 34.9 Å². The van der Waals surface area contributed by atoms with Gasteiger partial charge in [-0.05, 0) is 36.4 Å². The van der Waals surface area contributed by atoms with Crippen LogP contribution in [0.15, 0.2) is 6.20 Å². The second-order valence-electron chi connectivity index (χ2n) is 2.92. The van der Waals surface area contributed by atoms with Gasteiger partial charge < -0.3 is 4.57 Å². The Morgan fingerprint density at radius 1 is 1.67 bits per heavy atom. The van der Waals surface area contributed by atoms with Crippen molar-refractivity contribution in [3.8, 4) is 0 Å². The van der Waals surface area contributed by atoms with Crippen molar-refractivity contribution in [2.45, 2.75) is 26.8 Å². The van der Waals surface area contributed by atoms with Gasteiger partial charge in [0.1, 0.15) is 3.70 Å². The molecular weight excluding hydrogens is 267 g/mol. The predicted molar refractivity (Wildman–Crippen MR) is 55.3 cm³/mol. The molecule has 0 spiro atoms. The third-order valence-corrected chi connectivity index (χ3v) is 2.38. The Hall–Kier alpha value is -0.390. The molecule has 0 N–H and O–H groups in total. The van der Waals surface area contributed by atoms with Crippen molar-refractivity contribution in [1.82, 2.24) is 9.55 Å². The van der Waals surface area contributed by atoms with Crippen LogP contribution >= 0.6 is 22.6 Å². The molecule has 0 radical (unpaired) electrons. The van der Waals surface area contributed by atoms with E-state index in [-0.39, 0.29) is 5.78 Å². The number of aromatic nitrogens is 2. The molecule has 0 aliphatic heterocycles. The first-order valence-electron chi connectivity index (χ1n) is 3.77. The minimum absolute atomic E-state index is 0.0200. The average molecular weight is 278 g/mol. The van der Waals surface area contributed by atoms with Gasteiger partial charge in [0.15, 0.2) is 11.6 Å². The van der Waals surface area contributed by atoms with Gasteiger partial charge in [-0.25, -0.2) is 4.98 Å². The Morgan fingerprint density at radius 2 is 2.25 bits per heavy atom. The molecule has 1 aromatic rings. The van der Waals surface area contributed by atoms with E-state index in [2.05, 4.69) is 27.6 Å². The van der Waals surface area contributed by atoms with Crippen molar-refractivity contribution in [2.75, 3.05) is 0 Å². The van der Waals surface area contributed by atoms with E-state index in [9.17, 15) is 4.79 Å². The van der Waals surface area contributed by atoms with E-state index in [1.54, 1.807) is 6.20 Å². The van der Waals surface area contributed by atoms with Gasteiger partial charge in [-0.2, -0.15) is 0 Å². The molecule has 0 aliphatic rings. The summed E-state index contributed by atoms with van der Waals surface area (Å²) in [6.45, 7) is 5.61. The van der Waals surface area contributed by atoms with Gasteiger partial charge in [0.05, 0.1) is 6.20 Å². The summed E-state index contributed by atoms with van der Waals surface area (Å²) in [6, 6.07) is 0.290. The summed E-state index contributed by atoms with van der Waals surface area (Å²) < 4.78 is 2.94. The monoisotopic (exact) mass is 278 g/mol. The van der Waals surface area contributed by atoms with Gasteiger partial charge in [-0.3, -0.25) is 4.79 Å². The number of hydrogen-bond donors (Lipinski definition) is 0. The van der Waals surface area contributed by atoms with E-state index < -0.39 is 0 Å². The normalized spacial score (nSPS) is 10.8. The second kappa shape index (κ2) is 3.55. The first-order chi connectivity index (χ1) is 5.54. The Bertz CT molecular complexity index is 304. The number of nitrogens with zero attached hydrogens (tertiary/aromatic N) is 2. The fraction of sp³-hybridized carbons (Fsp3) is 0.500. The van der Waals surface area contributed by atoms with Crippen molar-refractivity contribution >= 4 is 28.4 Å². The zero-order valence-corrected chi connectivity index (χ0v) is 9.49. The van der Waals surface area contributed by atoms with Crippen LogP contribution in [0.4, 0.5) is 0 Å². The van der Waals surface area contributed by atoms with Crippen LogP contribution in [0.1, 0.15) is 37.4 Å². The van der Waals surface area contributed by atoms with E-state index in [0.29, 0.717) is 11.9 Å². The fourth-order valence-corrected chi connectivity index (χ4v) is 2.02. The third-order valence-electron chi connectivity index (χ3n) is 1.58. The van der Waals surface area contributed by atoms with Crippen LogP contribution in [0.2, 0.25) is 0 Å². The van der Waals surface area contributed by atoms with Crippen molar-refractivity contribution in [1.29, 1.82) is 0 Å². The smallest absolute Gasteiger partial charge is 0.195 e. The molecule has 0 unspecified atom stereocenters. The van der Waals surface area contributed by atoms with Crippen molar-refractivity contribution in [3.63, 3.8) is 0 Å². The van der Waals surface area contributed by atoms with Crippen LogP contribution < -0.4 is 0 Å². The largest absolute Gasteiger partial charge is 0.314 e. The van der Waals surface area contributed by atoms with E-state index >= 15 is 0 Å². The van der Waals surface area contributed by atoms with Gasteiger partial charge in [0.2, 0.25) is 0 Å². The SMILES string of the molecule is CC(=O)c1ncc(I)n1C(C)C. The summed E-state index contributed by atoms with van der Waals surface area (Å²) in [4.78, 5) is 15.1. The summed E-state index contributed by atoms with van der Waals surface area (Å²) >= 11 is 2.18. The molecule has 0 bridgehead atoms. The zero-order chi connectivity index (χ0) is 9.30. The van der Waals surface area contributed by atoms with Gasteiger partial charge in [-0.15, -0.1) is 0 Å². The fourth-order valence-electron chi connectivity index (χ4n) is 1.09. The standard InChI is InChI=1S/C8H11IN2O/c1-5(2)11-7(9)4-10-8(11)6(3)12/h4-5H,1-3H3. The zero-order valence-electron chi connectivity index (χ0n) is 7.34. The first kappa shape index (κ1) is 9.70. The highest BCUT2D eigenvalue weighted by molar-refractivity contribution is 14.1. The van der Waals surface area contributed by atoms with E-state index in [1.807, 2.05) is 18.4 Å². The number of ketones is 1. The van der Waals surface area contributed by atoms with E-state index in [4.69, 9.17) is 0 Å².